The first kappa shape index (κ1) is 11.9. The molecular weight excluding hydrogens is 128 g/mol. The second-order valence-corrected chi connectivity index (χ2v) is 2.16. The topological polar surface area (TPSA) is 63.0 Å². The summed E-state index contributed by atoms with van der Waals surface area (Å²) in [5.41, 5.74) is 2.68. The molecule has 2 heteroatoms. The second-order valence-electron chi connectivity index (χ2n) is 2.16. The molecule has 0 atom stereocenters. The van der Waals surface area contributed by atoms with Gasteiger partial charge < -0.3 is 11.0 Å². The first-order valence-corrected chi connectivity index (χ1v) is 2.82. The van der Waals surface area contributed by atoms with Crippen LogP contribution in [0.3, 0.4) is 0 Å². The van der Waals surface area contributed by atoms with Gasteiger partial charge in [0.05, 0.1) is 0 Å². The molecule has 1 rings (SSSR count). The monoisotopic (exact) mass is 142 g/mol. The fraction of sp³-hybridized carbons (Fsp3) is 0.250. The van der Waals surface area contributed by atoms with Crippen molar-refractivity contribution in [3.05, 3.63) is 35.4 Å². The number of hydrogen-bond acceptors (Lipinski definition) is 0. The zero-order valence-corrected chi connectivity index (χ0v) is 6.31. The summed E-state index contributed by atoms with van der Waals surface area (Å²) in [7, 11) is 0. The molecule has 0 saturated heterocycles. The third-order valence-electron chi connectivity index (χ3n) is 1.17. The van der Waals surface area contributed by atoms with E-state index >= 15 is 0 Å². The summed E-state index contributed by atoms with van der Waals surface area (Å²) in [5.74, 6) is 0. The van der Waals surface area contributed by atoms with Crippen molar-refractivity contribution in [1.82, 2.24) is 0 Å². The molecule has 58 valence electrons. The summed E-state index contributed by atoms with van der Waals surface area (Å²) in [6, 6.07) is 8.45. The van der Waals surface area contributed by atoms with E-state index in [2.05, 4.69) is 38.1 Å². The minimum Gasteiger partial charge on any atom is -0.412 e. The van der Waals surface area contributed by atoms with Crippen LogP contribution in [0.15, 0.2) is 24.3 Å². The molecule has 0 aliphatic carbocycles. The molecule has 0 bridgehead atoms. The Morgan fingerprint density at radius 3 is 1.50 bits per heavy atom. The SMILES string of the molecule is Cc1cccc(C)c1.O.O. The lowest BCUT2D eigenvalue weighted by atomic mass is 10.2. The van der Waals surface area contributed by atoms with Crippen LogP contribution in [0, 0.1) is 13.8 Å². The Labute approximate surface area is 61.1 Å². The highest BCUT2D eigenvalue weighted by atomic mass is 16.0. The van der Waals surface area contributed by atoms with Gasteiger partial charge in [-0.15, -0.1) is 0 Å². The molecule has 0 unspecified atom stereocenters. The third kappa shape index (κ3) is 3.22. The molecule has 0 fully saturated rings. The molecule has 10 heavy (non-hydrogen) atoms. The summed E-state index contributed by atoms with van der Waals surface area (Å²) in [6.07, 6.45) is 0. The van der Waals surface area contributed by atoms with Crippen LogP contribution in [0.4, 0.5) is 0 Å². The Hall–Kier alpha value is -0.860. The molecule has 1 aromatic carbocycles. The lowest BCUT2D eigenvalue weighted by molar-refractivity contribution is 0.823. The van der Waals surface area contributed by atoms with Crippen molar-refractivity contribution >= 4 is 0 Å². The highest BCUT2D eigenvalue weighted by molar-refractivity contribution is 5.20. The number of benzene rings is 1. The van der Waals surface area contributed by atoms with Crippen LogP contribution in [0.25, 0.3) is 0 Å². The number of rotatable bonds is 0. The minimum absolute atomic E-state index is 0. The molecule has 1 aromatic rings. The second kappa shape index (κ2) is 4.97. The summed E-state index contributed by atoms with van der Waals surface area (Å²) in [4.78, 5) is 0. The lowest BCUT2D eigenvalue weighted by Crippen LogP contribution is -1.71. The first-order valence-electron chi connectivity index (χ1n) is 2.82. The van der Waals surface area contributed by atoms with E-state index in [1.807, 2.05) is 0 Å². The van der Waals surface area contributed by atoms with E-state index in [1.165, 1.54) is 11.1 Å². The van der Waals surface area contributed by atoms with E-state index < -0.39 is 0 Å². The Morgan fingerprint density at radius 1 is 0.900 bits per heavy atom. The van der Waals surface area contributed by atoms with Gasteiger partial charge in [-0.3, -0.25) is 0 Å². The van der Waals surface area contributed by atoms with Gasteiger partial charge in [0.25, 0.3) is 0 Å². The van der Waals surface area contributed by atoms with Gasteiger partial charge in [0, 0.05) is 0 Å². The highest BCUT2D eigenvalue weighted by Gasteiger charge is 1.80. The minimum atomic E-state index is 0. The summed E-state index contributed by atoms with van der Waals surface area (Å²) in [6.45, 7) is 4.21. The van der Waals surface area contributed by atoms with Crippen molar-refractivity contribution in [2.24, 2.45) is 0 Å². The zero-order valence-electron chi connectivity index (χ0n) is 6.31. The average molecular weight is 142 g/mol. The van der Waals surface area contributed by atoms with Crippen LogP contribution in [0.2, 0.25) is 0 Å². The fourth-order valence-electron chi connectivity index (χ4n) is 0.807. The molecule has 4 N–H and O–H groups in total. The van der Waals surface area contributed by atoms with Crippen LogP contribution in [0.1, 0.15) is 11.1 Å². The molecule has 0 saturated carbocycles. The number of aryl methyl sites for hydroxylation is 2. The smallest absolute Gasteiger partial charge is 0.0398 e. The van der Waals surface area contributed by atoms with Crippen LogP contribution < -0.4 is 0 Å². The summed E-state index contributed by atoms with van der Waals surface area (Å²) in [5, 5.41) is 0. The van der Waals surface area contributed by atoms with Crippen molar-refractivity contribution in [2.75, 3.05) is 0 Å². The van der Waals surface area contributed by atoms with Crippen molar-refractivity contribution < 1.29 is 11.0 Å². The predicted octanol–water partition coefficient (Wildman–Crippen LogP) is 0.654. The van der Waals surface area contributed by atoms with Crippen molar-refractivity contribution in [3.8, 4) is 0 Å². The summed E-state index contributed by atoms with van der Waals surface area (Å²) < 4.78 is 0. The van der Waals surface area contributed by atoms with E-state index in [9.17, 15) is 0 Å². The van der Waals surface area contributed by atoms with Crippen molar-refractivity contribution in [3.63, 3.8) is 0 Å². The standard InChI is InChI=1S/C8H10.2H2O/c1-7-4-3-5-8(2)6-7;;/h3-6H,1-2H3;2*1H2. The van der Waals surface area contributed by atoms with Crippen LogP contribution in [0.5, 0.6) is 0 Å². The lowest BCUT2D eigenvalue weighted by Gasteiger charge is -1.90. The molecular formula is C8H14O2. The van der Waals surface area contributed by atoms with E-state index in [1.54, 1.807) is 0 Å². The van der Waals surface area contributed by atoms with E-state index in [-0.39, 0.29) is 11.0 Å². The molecule has 0 aromatic heterocycles. The Kier molecular flexibility index (Phi) is 5.90. The van der Waals surface area contributed by atoms with Gasteiger partial charge in [-0.05, 0) is 13.8 Å². The maximum atomic E-state index is 2.17. The maximum absolute atomic E-state index is 2.17. The third-order valence-corrected chi connectivity index (χ3v) is 1.17. The van der Waals surface area contributed by atoms with E-state index in [4.69, 9.17) is 0 Å². The first-order chi connectivity index (χ1) is 3.79. The van der Waals surface area contributed by atoms with Gasteiger partial charge in [0.1, 0.15) is 0 Å². The van der Waals surface area contributed by atoms with E-state index in [0.29, 0.717) is 0 Å². The molecule has 0 radical (unpaired) electrons. The van der Waals surface area contributed by atoms with Gasteiger partial charge in [-0.1, -0.05) is 35.4 Å². The van der Waals surface area contributed by atoms with Crippen LogP contribution in [-0.2, 0) is 0 Å². The average Bonchev–Trinajstić information content (AvgIpc) is 1.64. The summed E-state index contributed by atoms with van der Waals surface area (Å²) >= 11 is 0. The van der Waals surface area contributed by atoms with Crippen molar-refractivity contribution in [1.29, 1.82) is 0 Å². The largest absolute Gasteiger partial charge is 0.412 e. The Balaban J connectivity index is 0. The highest BCUT2D eigenvalue weighted by Crippen LogP contribution is 2.00. The molecule has 0 heterocycles. The van der Waals surface area contributed by atoms with Crippen LogP contribution in [-0.4, -0.2) is 11.0 Å². The fourth-order valence-corrected chi connectivity index (χ4v) is 0.807. The normalized spacial score (nSPS) is 7.40. The quantitative estimate of drug-likeness (QED) is 0.510. The molecule has 2 nitrogen and oxygen atoms in total. The molecule has 0 aliphatic heterocycles. The van der Waals surface area contributed by atoms with Crippen molar-refractivity contribution in [2.45, 2.75) is 13.8 Å². The van der Waals surface area contributed by atoms with Crippen LogP contribution >= 0.6 is 0 Å². The zero-order chi connectivity index (χ0) is 5.98. The Bertz CT molecular complexity index is 167. The van der Waals surface area contributed by atoms with Gasteiger partial charge in [-0.25, -0.2) is 0 Å². The molecule has 0 amide bonds. The number of hydrogen-bond donors (Lipinski definition) is 0. The Morgan fingerprint density at radius 2 is 1.30 bits per heavy atom. The predicted molar refractivity (Wildman–Crippen MR) is 43.1 cm³/mol. The van der Waals surface area contributed by atoms with Gasteiger partial charge in [-0.2, -0.15) is 0 Å². The maximum Gasteiger partial charge on any atom is -0.0398 e. The molecule has 0 aliphatic rings. The van der Waals surface area contributed by atoms with E-state index in [0.717, 1.165) is 0 Å². The molecule has 0 spiro atoms. The van der Waals surface area contributed by atoms with Gasteiger partial charge >= 0.3 is 0 Å². The van der Waals surface area contributed by atoms with Gasteiger partial charge in [0.2, 0.25) is 0 Å². The van der Waals surface area contributed by atoms with Gasteiger partial charge in [0.15, 0.2) is 0 Å².